The minimum Gasteiger partial charge on any atom is -0.448 e. The Morgan fingerprint density at radius 2 is 2.44 bits per heavy atom. The molecule has 1 amide bonds. The Morgan fingerprint density at radius 1 is 1.62 bits per heavy atom. The van der Waals surface area contributed by atoms with Gasteiger partial charge in [-0.25, -0.2) is 9.78 Å². The predicted molar refractivity (Wildman–Crippen MR) is 62.2 cm³/mol. The van der Waals surface area contributed by atoms with Crippen molar-refractivity contribution >= 4 is 23.5 Å². The van der Waals surface area contributed by atoms with Crippen LogP contribution in [0.3, 0.4) is 0 Å². The number of hydrogen-bond donors (Lipinski definition) is 1. The molecule has 0 radical (unpaired) electrons. The van der Waals surface area contributed by atoms with Gasteiger partial charge in [0.15, 0.2) is 0 Å². The van der Waals surface area contributed by atoms with Crippen LogP contribution in [0, 0.1) is 12.3 Å². The van der Waals surface area contributed by atoms with Crippen molar-refractivity contribution in [2.45, 2.75) is 12.3 Å². The highest BCUT2D eigenvalue weighted by Crippen LogP contribution is 2.07. The normalized spacial score (nSPS) is 9.25. The lowest BCUT2D eigenvalue weighted by Crippen LogP contribution is -2.15. The van der Waals surface area contributed by atoms with Crippen molar-refractivity contribution in [3.63, 3.8) is 0 Å². The molecule has 0 spiro atoms. The van der Waals surface area contributed by atoms with Gasteiger partial charge in [-0.15, -0.1) is 23.9 Å². The summed E-state index contributed by atoms with van der Waals surface area (Å²) in [5, 5.41) is 2.48. The minimum absolute atomic E-state index is 0.192. The molecule has 84 valence electrons. The maximum Gasteiger partial charge on any atom is 0.412 e. The van der Waals surface area contributed by atoms with Gasteiger partial charge in [0.2, 0.25) is 0 Å². The number of ether oxygens (including phenoxy) is 1. The number of nitrogens with one attached hydrogen (secondary N) is 1. The van der Waals surface area contributed by atoms with E-state index in [0.29, 0.717) is 23.8 Å². The van der Waals surface area contributed by atoms with Gasteiger partial charge in [0, 0.05) is 6.42 Å². The zero-order chi connectivity index (χ0) is 11.8. The number of aromatic nitrogens is 1. The summed E-state index contributed by atoms with van der Waals surface area (Å²) in [6.07, 6.45) is 4.83. The van der Waals surface area contributed by atoms with Gasteiger partial charge in [0.1, 0.15) is 12.4 Å². The molecule has 16 heavy (non-hydrogen) atoms. The molecule has 0 aliphatic heterocycles. The molecule has 0 bridgehead atoms. The Bertz CT molecular complexity index is 401. The number of carbonyl (C=O) groups excluding carboxylic acids is 1. The van der Waals surface area contributed by atoms with E-state index < -0.39 is 6.09 Å². The van der Waals surface area contributed by atoms with E-state index in [2.05, 4.69) is 16.2 Å². The lowest BCUT2D eigenvalue weighted by molar-refractivity contribution is 0.164. The highest BCUT2D eigenvalue weighted by Gasteiger charge is 2.03. The smallest absolute Gasteiger partial charge is 0.412 e. The van der Waals surface area contributed by atoms with Crippen molar-refractivity contribution < 1.29 is 9.53 Å². The van der Waals surface area contributed by atoms with Crippen molar-refractivity contribution in [3.8, 4) is 12.3 Å². The first kappa shape index (κ1) is 12.3. The average molecular weight is 239 g/mol. The van der Waals surface area contributed by atoms with Crippen LogP contribution >= 0.6 is 11.6 Å². The largest absolute Gasteiger partial charge is 0.448 e. The molecule has 0 aliphatic carbocycles. The standard InChI is InChI=1S/C11H11ClN2O2/c1-2-3-7-16-11(15)14-10-6-4-5-9(8-12)13-10/h1,4-6H,3,7-8H2,(H,13,14,15). The molecule has 0 aliphatic rings. The Labute approximate surface area is 99.0 Å². The summed E-state index contributed by atoms with van der Waals surface area (Å²) in [5.74, 6) is 3.07. The molecule has 0 aromatic carbocycles. The maximum absolute atomic E-state index is 11.2. The van der Waals surface area contributed by atoms with Crippen LogP contribution in [0.15, 0.2) is 18.2 Å². The molecule has 0 fully saturated rings. The quantitative estimate of drug-likeness (QED) is 0.498. The number of rotatable bonds is 4. The van der Waals surface area contributed by atoms with E-state index in [-0.39, 0.29) is 6.61 Å². The van der Waals surface area contributed by atoms with E-state index in [0.717, 1.165) is 0 Å². The summed E-state index contributed by atoms with van der Waals surface area (Å²) in [5.41, 5.74) is 0.683. The maximum atomic E-state index is 11.2. The van der Waals surface area contributed by atoms with Crippen LogP contribution in [0.1, 0.15) is 12.1 Å². The van der Waals surface area contributed by atoms with Crippen molar-refractivity contribution in [1.29, 1.82) is 0 Å². The summed E-state index contributed by atoms with van der Waals surface area (Å²) in [7, 11) is 0. The highest BCUT2D eigenvalue weighted by molar-refractivity contribution is 6.16. The van der Waals surface area contributed by atoms with Crippen LogP contribution in [-0.4, -0.2) is 17.7 Å². The second-order valence-electron chi connectivity index (χ2n) is 2.86. The zero-order valence-electron chi connectivity index (χ0n) is 8.57. The summed E-state index contributed by atoms with van der Waals surface area (Å²) in [6.45, 7) is 0.192. The van der Waals surface area contributed by atoms with Gasteiger partial charge in [0.25, 0.3) is 0 Å². The Morgan fingerprint density at radius 3 is 3.12 bits per heavy atom. The monoisotopic (exact) mass is 238 g/mol. The van der Waals surface area contributed by atoms with Crippen LogP contribution in [0.4, 0.5) is 10.6 Å². The summed E-state index contributed by atoms with van der Waals surface area (Å²) in [6, 6.07) is 5.17. The van der Waals surface area contributed by atoms with Crippen LogP contribution in [-0.2, 0) is 10.6 Å². The molecule has 5 heteroatoms. The third-order valence-corrected chi connectivity index (χ3v) is 1.93. The summed E-state index contributed by atoms with van der Waals surface area (Å²) >= 11 is 5.61. The molecule has 1 aromatic heterocycles. The van der Waals surface area contributed by atoms with E-state index in [9.17, 15) is 4.79 Å². The SMILES string of the molecule is C#CCCOC(=O)Nc1cccc(CCl)n1. The molecular weight excluding hydrogens is 228 g/mol. The highest BCUT2D eigenvalue weighted by atomic mass is 35.5. The van der Waals surface area contributed by atoms with Crippen molar-refractivity contribution in [2.75, 3.05) is 11.9 Å². The number of nitrogens with zero attached hydrogens (tertiary/aromatic N) is 1. The number of halogens is 1. The number of anilines is 1. The Kier molecular flexibility index (Phi) is 5.17. The zero-order valence-corrected chi connectivity index (χ0v) is 9.33. The number of alkyl halides is 1. The Hall–Kier alpha value is -1.73. The van der Waals surface area contributed by atoms with E-state index >= 15 is 0 Å². The third kappa shape index (κ3) is 4.20. The Balaban J connectivity index is 2.46. The first-order valence-electron chi connectivity index (χ1n) is 4.65. The second kappa shape index (κ2) is 6.70. The van der Waals surface area contributed by atoms with Gasteiger partial charge in [0.05, 0.1) is 11.6 Å². The molecule has 4 nitrogen and oxygen atoms in total. The van der Waals surface area contributed by atoms with Gasteiger partial charge in [-0.1, -0.05) is 6.07 Å². The molecule has 1 heterocycles. The number of amides is 1. The third-order valence-electron chi connectivity index (χ3n) is 1.65. The molecule has 0 unspecified atom stereocenters. The summed E-state index contributed by atoms with van der Waals surface area (Å²) < 4.78 is 4.79. The van der Waals surface area contributed by atoms with Crippen LogP contribution in [0.2, 0.25) is 0 Å². The molecule has 0 atom stereocenters. The number of pyridine rings is 1. The number of carbonyl (C=O) groups is 1. The van der Waals surface area contributed by atoms with Gasteiger partial charge in [-0.05, 0) is 12.1 Å². The van der Waals surface area contributed by atoms with Gasteiger partial charge in [-0.3, -0.25) is 5.32 Å². The first-order chi connectivity index (χ1) is 7.76. The molecule has 0 saturated heterocycles. The van der Waals surface area contributed by atoms with E-state index in [1.54, 1.807) is 18.2 Å². The topological polar surface area (TPSA) is 51.2 Å². The second-order valence-corrected chi connectivity index (χ2v) is 3.13. The molecular formula is C11H11ClN2O2. The first-order valence-corrected chi connectivity index (χ1v) is 5.19. The summed E-state index contributed by atoms with van der Waals surface area (Å²) in [4.78, 5) is 15.3. The average Bonchev–Trinajstić information content (AvgIpc) is 2.29. The number of terminal acetylenes is 1. The van der Waals surface area contributed by atoms with Crippen LogP contribution < -0.4 is 5.32 Å². The fraction of sp³-hybridized carbons (Fsp3) is 0.273. The van der Waals surface area contributed by atoms with E-state index in [4.69, 9.17) is 22.8 Å². The molecule has 1 N–H and O–H groups in total. The molecule has 1 aromatic rings. The van der Waals surface area contributed by atoms with Crippen molar-refractivity contribution in [2.24, 2.45) is 0 Å². The van der Waals surface area contributed by atoms with Crippen molar-refractivity contribution in [1.82, 2.24) is 4.98 Å². The molecule has 0 saturated carbocycles. The fourth-order valence-electron chi connectivity index (χ4n) is 0.967. The predicted octanol–water partition coefficient (Wildman–Crippen LogP) is 2.39. The lowest BCUT2D eigenvalue weighted by Gasteiger charge is -2.05. The van der Waals surface area contributed by atoms with Gasteiger partial charge < -0.3 is 4.74 Å². The van der Waals surface area contributed by atoms with E-state index in [1.807, 2.05) is 0 Å². The van der Waals surface area contributed by atoms with Crippen LogP contribution in [0.5, 0.6) is 0 Å². The lowest BCUT2D eigenvalue weighted by atomic mass is 10.4. The van der Waals surface area contributed by atoms with Crippen molar-refractivity contribution in [3.05, 3.63) is 23.9 Å². The minimum atomic E-state index is -0.575. The van der Waals surface area contributed by atoms with Gasteiger partial charge >= 0.3 is 6.09 Å². The van der Waals surface area contributed by atoms with Gasteiger partial charge in [-0.2, -0.15) is 0 Å². The molecule has 1 rings (SSSR count). The van der Waals surface area contributed by atoms with Crippen LogP contribution in [0.25, 0.3) is 0 Å². The number of hydrogen-bond acceptors (Lipinski definition) is 3. The fourth-order valence-corrected chi connectivity index (χ4v) is 1.12. The van der Waals surface area contributed by atoms with E-state index in [1.165, 1.54) is 0 Å².